The van der Waals surface area contributed by atoms with Gasteiger partial charge in [0, 0.05) is 11.6 Å². The van der Waals surface area contributed by atoms with Crippen LogP contribution < -0.4 is 10.1 Å². The molecule has 4 heteroatoms. The van der Waals surface area contributed by atoms with Crippen LogP contribution >= 0.6 is 0 Å². The molecule has 0 amide bonds. The van der Waals surface area contributed by atoms with Gasteiger partial charge in [0.2, 0.25) is 0 Å². The lowest BCUT2D eigenvalue weighted by atomic mass is 10.00. The zero-order chi connectivity index (χ0) is 15.3. The third-order valence-electron chi connectivity index (χ3n) is 3.41. The first-order valence-electron chi connectivity index (χ1n) is 6.89. The van der Waals surface area contributed by atoms with Crippen molar-refractivity contribution in [2.24, 2.45) is 5.92 Å². The second-order valence-electron chi connectivity index (χ2n) is 5.38. The zero-order valence-electron chi connectivity index (χ0n) is 13.2. The van der Waals surface area contributed by atoms with E-state index in [1.807, 2.05) is 45.9 Å². The third kappa shape index (κ3) is 3.97. The molecule has 0 aliphatic carbocycles. The highest BCUT2D eigenvalue weighted by Crippen LogP contribution is 2.27. The van der Waals surface area contributed by atoms with Gasteiger partial charge in [-0.15, -0.1) is 0 Å². The summed E-state index contributed by atoms with van der Waals surface area (Å²) in [6, 6.07) is 5.73. The summed E-state index contributed by atoms with van der Waals surface area (Å²) >= 11 is 0. The van der Waals surface area contributed by atoms with Gasteiger partial charge in [-0.05, 0) is 31.4 Å². The first kappa shape index (κ1) is 16.5. The Balaban J connectivity index is 2.94. The van der Waals surface area contributed by atoms with E-state index in [4.69, 9.17) is 9.47 Å². The molecule has 2 unspecified atom stereocenters. The molecule has 112 valence electrons. The van der Waals surface area contributed by atoms with Crippen LogP contribution in [0, 0.1) is 12.8 Å². The molecule has 1 aromatic rings. The normalized spacial score (nSPS) is 13.9. The summed E-state index contributed by atoms with van der Waals surface area (Å²) in [5.41, 5.74) is 2.18. The maximum atomic E-state index is 11.8. The molecule has 1 N–H and O–H groups in total. The Kier molecular flexibility index (Phi) is 6.02. The average molecular weight is 279 g/mol. The van der Waals surface area contributed by atoms with Gasteiger partial charge in [0.25, 0.3) is 0 Å². The minimum Gasteiger partial charge on any atom is -0.496 e. The molecule has 0 saturated heterocycles. The minimum absolute atomic E-state index is 0.00273. The van der Waals surface area contributed by atoms with Crippen LogP contribution in [0.5, 0.6) is 5.75 Å². The molecule has 0 radical (unpaired) electrons. The summed E-state index contributed by atoms with van der Waals surface area (Å²) in [7, 11) is 3.07. The van der Waals surface area contributed by atoms with Crippen molar-refractivity contribution in [3.05, 3.63) is 29.3 Å². The fourth-order valence-electron chi connectivity index (χ4n) is 2.19. The lowest BCUT2D eigenvalue weighted by Crippen LogP contribution is -2.43. The number of benzene rings is 1. The molecule has 20 heavy (non-hydrogen) atoms. The number of hydrogen-bond donors (Lipinski definition) is 1. The SMILES string of the molecule is COC(=O)C(NC(C)c1ccc(C)cc1OC)C(C)C. The van der Waals surface area contributed by atoms with Crippen molar-refractivity contribution in [2.75, 3.05) is 14.2 Å². The minimum atomic E-state index is -0.332. The van der Waals surface area contributed by atoms with Gasteiger partial charge >= 0.3 is 5.97 Å². The van der Waals surface area contributed by atoms with Crippen LogP contribution in [0.1, 0.15) is 37.9 Å². The number of rotatable bonds is 6. The van der Waals surface area contributed by atoms with Crippen LogP contribution in [0.15, 0.2) is 18.2 Å². The van der Waals surface area contributed by atoms with Crippen molar-refractivity contribution in [1.82, 2.24) is 5.32 Å². The second kappa shape index (κ2) is 7.29. The van der Waals surface area contributed by atoms with Crippen molar-refractivity contribution < 1.29 is 14.3 Å². The Labute approximate surface area is 121 Å². The molecule has 4 nitrogen and oxygen atoms in total. The molecular formula is C16H25NO3. The van der Waals surface area contributed by atoms with E-state index in [9.17, 15) is 4.79 Å². The van der Waals surface area contributed by atoms with Crippen LogP contribution in [0.4, 0.5) is 0 Å². The van der Waals surface area contributed by atoms with Crippen molar-refractivity contribution in [2.45, 2.75) is 39.8 Å². The molecule has 0 bridgehead atoms. The van der Waals surface area contributed by atoms with Gasteiger partial charge in [-0.3, -0.25) is 10.1 Å². The lowest BCUT2D eigenvalue weighted by molar-refractivity contribution is -0.144. The second-order valence-corrected chi connectivity index (χ2v) is 5.38. The van der Waals surface area contributed by atoms with Crippen molar-refractivity contribution in [3.63, 3.8) is 0 Å². The zero-order valence-corrected chi connectivity index (χ0v) is 13.2. The number of aryl methyl sites for hydroxylation is 1. The van der Waals surface area contributed by atoms with Crippen LogP contribution in [-0.4, -0.2) is 26.2 Å². The van der Waals surface area contributed by atoms with Gasteiger partial charge in [0.15, 0.2) is 0 Å². The van der Waals surface area contributed by atoms with Gasteiger partial charge in [-0.25, -0.2) is 0 Å². The van der Waals surface area contributed by atoms with Crippen molar-refractivity contribution in [3.8, 4) is 5.75 Å². The highest BCUT2D eigenvalue weighted by molar-refractivity contribution is 5.76. The molecule has 0 spiro atoms. The Bertz CT molecular complexity index is 457. The van der Waals surface area contributed by atoms with Gasteiger partial charge in [0.05, 0.1) is 14.2 Å². The van der Waals surface area contributed by atoms with Gasteiger partial charge in [-0.2, -0.15) is 0 Å². The Morgan fingerprint density at radius 1 is 1.20 bits per heavy atom. The van der Waals surface area contributed by atoms with Crippen LogP contribution in [0.3, 0.4) is 0 Å². The summed E-state index contributed by atoms with van der Waals surface area (Å²) in [4.78, 5) is 11.8. The van der Waals surface area contributed by atoms with Crippen LogP contribution in [-0.2, 0) is 9.53 Å². The Hall–Kier alpha value is -1.55. The molecule has 0 saturated carbocycles. The molecule has 0 aliphatic heterocycles. The summed E-state index contributed by atoms with van der Waals surface area (Å²) in [5, 5.41) is 3.32. The lowest BCUT2D eigenvalue weighted by Gasteiger charge is -2.25. The van der Waals surface area contributed by atoms with Crippen molar-refractivity contribution >= 4 is 5.97 Å². The first-order chi connectivity index (χ1) is 9.40. The largest absolute Gasteiger partial charge is 0.496 e. The van der Waals surface area contributed by atoms with Gasteiger partial charge in [-0.1, -0.05) is 26.0 Å². The van der Waals surface area contributed by atoms with Gasteiger partial charge < -0.3 is 9.47 Å². The van der Waals surface area contributed by atoms with Crippen LogP contribution in [0.2, 0.25) is 0 Å². The molecule has 2 atom stereocenters. The topological polar surface area (TPSA) is 47.6 Å². The number of hydrogen-bond acceptors (Lipinski definition) is 4. The number of esters is 1. The predicted molar refractivity (Wildman–Crippen MR) is 79.9 cm³/mol. The van der Waals surface area contributed by atoms with E-state index >= 15 is 0 Å². The standard InChI is InChI=1S/C16H25NO3/c1-10(2)15(16(18)20-6)17-12(4)13-8-7-11(3)9-14(13)19-5/h7-10,12,15,17H,1-6H3. The molecular weight excluding hydrogens is 254 g/mol. The maximum Gasteiger partial charge on any atom is 0.323 e. The van der Waals surface area contributed by atoms with E-state index in [-0.39, 0.29) is 24.0 Å². The van der Waals surface area contributed by atoms with Crippen molar-refractivity contribution in [1.29, 1.82) is 0 Å². The maximum absolute atomic E-state index is 11.8. The fraction of sp³-hybridized carbons (Fsp3) is 0.562. The summed E-state index contributed by atoms with van der Waals surface area (Å²) in [5.74, 6) is 0.747. The predicted octanol–water partition coefficient (Wildman–Crippen LogP) is 2.85. The van der Waals surface area contributed by atoms with Crippen LogP contribution in [0.25, 0.3) is 0 Å². The molecule has 0 heterocycles. The average Bonchev–Trinajstić information content (AvgIpc) is 2.42. The Morgan fingerprint density at radius 2 is 1.85 bits per heavy atom. The monoisotopic (exact) mass is 279 g/mol. The number of ether oxygens (including phenoxy) is 2. The highest BCUT2D eigenvalue weighted by atomic mass is 16.5. The van der Waals surface area contributed by atoms with Gasteiger partial charge in [0.1, 0.15) is 11.8 Å². The number of methoxy groups -OCH3 is 2. The number of nitrogens with one attached hydrogen (secondary N) is 1. The highest BCUT2D eigenvalue weighted by Gasteiger charge is 2.25. The summed E-state index contributed by atoms with van der Waals surface area (Å²) in [6.45, 7) is 8.03. The number of carbonyl (C=O) groups excluding carboxylic acids is 1. The van der Waals surface area contributed by atoms with E-state index in [0.29, 0.717) is 0 Å². The molecule has 0 aromatic heterocycles. The molecule has 0 fully saturated rings. The summed E-state index contributed by atoms with van der Waals surface area (Å²) < 4.78 is 10.3. The van der Waals surface area contributed by atoms with E-state index in [2.05, 4.69) is 5.32 Å². The van der Waals surface area contributed by atoms with E-state index in [1.54, 1.807) is 7.11 Å². The fourth-order valence-corrected chi connectivity index (χ4v) is 2.19. The first-order valence-corrected chi connectivity index (χ1v) is 6.89. The quantitative estimate of drug-likeness (QED) is 0.813. The number of carbonyl (C=O) groups is 1. The van der Waals surface area contributed by atoms with E-state index in [1.165, 1.54) is 7.11 Å². The molecule has 1 aromatic carbocycles. The molecule has 1 rings (SSSR count). The Morgan fingerprint density at radius 3 is 2.35 bits per heavy atom. The molecule has 0 aliphatic rings. The smallest absolute Gasteiger partial charge is 0.323 e. The summed E-state index contributed by atoms with van der Waals surface area (Å²) in [6.07, 6.45) is 0. The van der Waals surface area contributed by atoms with E-state index in [0.717, 1.165) is 16.9 Å². The third-order valence-corrected chi connectivity index (χ3v) is 3.41. The van der Waals surface area contributed by atoms with E-state index < -0.39 is 0 Å².